The van der Waals surface area contributed by atoms with Crippen molar-refractivity contribution < 1.29 is 9.53 Å². The summed E-state index contributed by atoms with van der Waals surface area (Å²) in [5.41, 5.74) is 2.09. The summed E-state index contributed by atoms with van der Waals surface area (Å²) < 4.78 is 6.89. The van der Waals surface area contributed by atoms with E-state index in [1.807, 2.05) is 6.08 Å². The highest BCUT2D eigenvalue weighted by Gasteiger charge is 2.28. The Labute approximate surface area is 124 Å². The summed E-state index contributed by atoms with van der Waals surface area (Å²) in [6, 6.07) is 6.56. The number of carbonyl (C=O) groups is 1. The molecule has 0 spiro atoms. The van der Waals surface area contributed by atoms with Crippen molar-refractivity contribution in [2.45, 2.75) is 31.7 Å². The molecule has 21 heavy (non-hydrogen) atoms. The number of carbonyl (C=O) groups excluding carboxylic acids is 1. The molecule has 0 amide bonds. The topological polar surface area (TPSA) is 44.1 Å². The molecule has 4 nitrogen and oxygen atoms in total. The predicted molar refractivity (Wildman–Crippen MR) is 82.8 cm³/mol. The maximum Gasteiger partial charge on any atom is 0.308 e. The number of nitrogens with zero attached hydrogens (tertiary/aromatic N) is 2. The van der Waals surface area contributed by atoms with Gasteiger partial charge in [0.05, 0.1) is 24.6 Å². The van der Waals surface area contributed by atoms with Gasteiger partial charge in [-0.15, -0.1) is 0 Å². The highest BCUT2D eigenvalue weighted by Crippen LogP contribution is 2.33. The molecule has 0 aliphatic heterocycles. The van der Waals surface area contributed by atoms with E-state index in [0.717, 1.165) is 42.1 Å². The van der Waals surface area contributed by atoms with E-state index in [9.17, 15) is 4.79 Å². The van der Waals surface area contributed by atoms with Crippen LogP contribution in [-0.2, 0) is 9.53 Å². The number of rotatable bonds is 3. The molecular formula is C17H20N2O2. The van der Waals surface area contributed by atoms with Gasteiger partial charge in [0.2, 0.25) is 0 Å². The summed E-state index contributed by atoms with van der Waals surface area (Å²) in [4.78, 5) is 11.6. The molecule has 2 aromatic rings. The van der Waals surface area contributed by atoms with Crippen molar-refractivity contribution in [1.82, 2.24) is 9.78 Å². The van der Waals surface area contributed by atoms with Crippen LogP contribution in [-0.4, -0.2) is 22.9 Å². The Kier molecular flexibility index (Phi) is 3.78. The zero-order valence-corrected chi connectivity index (χ0v) is 12.3. The molecule has 0 bridgehead atoms. The summed E-state index contributed by atoms with van der Waals surface area (Å²) in [6.07, 6.45) is 7.65. The van der Waals surface area contributed by atoms with Crippen molar-refractivity contribution in [1.29, 1.82) is 0 Å². The second-order valence-corrected chi connectivity index (χ2v) is 5.66. The highest BCUT2D eigenvalue weighted by atomic mass is 16.5. The van der Waals surface area contributed by atoms with Crippen LogP contribution >= 0.6 is 0 Å². The van der Waals surface area contributed by atoms with Crippen molar-refractivity contribution in [2.24, 2.45) is 5.92 Å². The molecule has 0 radical (unpaired) electrons. The first kappa shape index (κ1) is 13.9. The molecule has 0 N–H and O–H groups in total. The lowest BCUT2D eigenvalue weighted by Crippen LogP contribution is -2.24. The Morgan fingerprint density at radius 2 is 2.14 bits per heavy atom. The normalized spacial score (nSPS) is 22.1. The fourth-order valence-corrected chi connectivity index (χ4v) is 3.11. The van der Waals surface area contributed by atoms with Crippen molar-refractivity contribution in [3.63, 3.8) is 0 Å². The molecule has 1 aromatic heterocycles. The third-order valence-electron chi connectivity index (χ3n) is 4.39. The van der Waals surface area contributed by atoms with Crippen LogP contribution in [0.5, 0.6) is 0 Å². The number of hydrogen-bond acceptors (Lipinski definition) is 3. The molecule has 1 aliphatic rings. The van der Waals surface area contributed by atoms with Crippen LogP contribution in [0.3, 0.4) is 0 Å². The van der Waals surface area contributed by atoms with E-state index in [1.165, 1.54) is 7.11 Å². The van der Waals surface area contributed by atoms with E-state index in [1.54, 1.807) is 0 Å². The van der Waals surface area contributed by atoms with Gasteiger partial charge in [-0.05, 0) is 37.3 Å². The van der Waals surface area contributed by atoms with Gasteiger partial charge in [-0.2, -0.15) is 5.10 Å². The Balaban J connectivity index is 1.76. The van der Waals surface area contributed by atoms with Crippen molar-refractivity contribution in [3.8, 4) is 0 Å². The van der Waals surface area contributed by atoms with Gasteiger partial charge in [0.25, 0.3) is 0 Å². The minimum Gasteiger partial charge on any atom is -0.469 e. The zero-order chi connectivity index (χ0) is 14.8. The second kappa shape index (κ2) is 5.72. The largest absolute Gasteiger partial charge is 0.469 e. The molecule has 0 saturated heterocycles. The Morgan fingerprint density at radius 3 is 2.81 bits per heavy atom. The van der Waals surface area contributed by atoms with Crippen LogP contribution in [0.2, 0.25) is 0 Å². The van der Waals surface area contributed by atoms with E-state index < -0.39 is 0 Å². The molecule has 1 aliphatic carbocycles. The quantitative estimate of drug-likeness (QED) is 0.809. The van der Waals surface area contributed by atoms with E-state index >= 15 is 0 Å². The van der Waals surface area contributed by atoms with Crippen LogP contribution in [0.15, 0.2) is 31.0 Å². The van der Waals surface area contributed by atoms with E-state index in [0.29, 0.717) is 6.04 Å². The van der Waals surface area contributed by atoms with Crippen LogP contribution < -0.4 is 0 Å². The van der Waals surface area contributed by atoms with Gasteiger partial charge in [-0.1, -0.05) is 24.8 Å². The minimum absolute atomic E-state index is 0.0589. The van der Waals surface area contributed by atoms with Gasteiger partial charge < -0.3 is 4.74 Å². The number of hydrogen-bond donors (Lipinski definition) is 0. The van der Waals surface area contributed by atoms with Crippen LogP contribution in [0.1, 0.15) is 37.3 Å². The van der Waals surface area contributed by atoms with E-state index in [2.05, 4.69) is 40.8 Å². The second-order valence-electron chi connectivity index (χ2n) is 5.66. The number of methoxy groups -OCH3 is 1. The first-order valence-electron chi connectivity index (χ1n) is 7.40. The average molecular weight is 284 g/mol. The first-order valence-corrected chi connectivity index (χ1v) is 7.40. The SMILES string of the molecule is C=Cc1ccc2cn(C3CCC(C(=O)OC)CC3)nc2c1. The van der Waals surface area contributed by atoms with Gasteiger partial charge in [0, 0.05) is 11.6 Å². The maximum atomic E-state index is 11.6. The zero-order valence-electron chi connectivity index (χ0n) is 12.3. The standard InChI is InChI=1S/C17H20N2O2/c1-3-12-4-5-14-11-19(18-16(14)10-12)15-8-6-13(7-9-15)17(20)21-2/h3-5,10-11,13,15H,1,6-9H2,2H3. The number of aromatic nitrogens is 2. The minimum atomic E-state index is -0.0744. The summed E-state index contributed by atoms with van der Waals surface area (Å²) >= 11 is 0. The predicted octanol–water partition coefficient (Wildman–Crippen LogP) is 3.58. The summed E-state index contributed by atoms with van der Waals surface area (Å²) in [7, 11) is 1.46. The molecule has 3 rings (SSSR count). The third kappa shape index (κ3) is 2.71. The average Bonchev–Trinajstić information content (AvgIpc) is 2.97. The molecule has 4 heteroatoms. The van der Waals surface area contributed by atoms with E-state index in [4.69, 9.17) is 4.74 Å². The number of esters is 1. The molecule has 1 heterocycles. The molecule has 0 atom stereocenters. The van der Waals surface area contributed by atoms with E-state index in [-0.39, 0.29) is 11.9 Å². The Hall–Kier alpha value is -2.10. The molecule has 1 fully saturated rings. The highest BCUT2D eigenvalue weighted by molar-refractivity contribution is 5.80. The number of ether oxygens (including phenoxy) is 1. The molecule has 0 unspecified atom stereocenters. The van der Waals surface area contributed by atoms with Crippen LogP contribution in [0.4, 0.5) is 0 Å². The van der Waals surface area contributed by atoms with Crippen LogP contribution in [0.25, 0.3) is 17.0 Å². The lowest BCUT2D eigenvalue weighted by atomic mass is 9.86. The van der Waals surface area contributed by atoms with Crippen molar-refractivity contribution in [2.75, 3.05) is 7.11 Å². The van der Waals surface area contributed by atoms with Crippen molar-refractivity contribution >= 4 is 22.9 Å². The number of fused-ring (bicyclic) bond motifs is 1. The number of benzene rings is 1. The lowest BCUT2D eigenvalue weighted by Gasteiger charge is -2.26. The summed E-state index contributed by atoms with van der Waals surface area (Å²) in [5, 5.41) is 5.84. The first-order chi connectivity index (χ1) is 10.2. The third-order valence-corrected chi connectivity index (χ3v) is 4.39. The summed E-state index contributed by atoms with van der Waals surface area (Å²) in [5.74, 6) is -0.0155. The molecular weight excluding hydrogens is 264 g/mol. The fraction of sp³-hybridized carbons (Fsp3) is 0.412. The smallest absolute Gasteiger partial charge is 0.308 e. The monoisotopic (exact) mass is 284 g/mol. The van der Waals surface area contributed by atoms with Gasteiger partial charge in [-0.25, -0.2) is 0 Å². The molecule has 110 valence electrons. The van der Waals surface area contributed by atoms with Crippen molar-refractivity contribution in [3.05, 3.63) is 36.5 Å². The maximum absolute atomic E-state index is 11.6. The van der Waals surface area contributed by atoms with Gasteiger partial charge in [0.1, 0.15) is 0 Å². The lowest BCUT2D eigenvalue weighted by molar-refractivity contribution is -0.146. The fourth-order valence-electron chi connectivity index (χ4n) is 3.11. The Bertz CT molecular complexity index is 666. The Morgan fingerprint density at radius 1 is 1.38 bits per heavy atom. The van der Waals surface area contributed by atoms with Gasteiger partial charge in [0.15, 0.2) is 0 Å². The van der Waals surface area contributed by atoms with Gasteiger partial charge >= 0.3 is 5.97 Å². The van der Waals surface area contributed by atoms with Gasteiger partial charge in [-0.3, -0.25) is 9.48 Å². The summed E-state index contributed by atoms with van der Waals surface area (Å²) in [6.45, 7) is 3.79. The molecule has 1 saturated carbocycles. The molecule has 1 aromatic carbocycles. The van der Waals surface area contributed by atoms with Crippen LogP contribution in [0, 0.1) is 5.92 Å².